The van der Waals surface area contributed by atoms with E-state index in [4.69, 9.17) is 5.73 Å². The highest BCUT2D eigenvalue weighted by Gasteiger charge is 2.15. The lowest BCUT2D eigenvalue weighted by Crippen LogP contribution is -2.01. The first-order valence-electron chi connectivity index (χ1n) is 4.85. The van der Waals surface area contributed by atoms with Crippen LogP contribution in [-0.2, 0) is 4.74 Å². The van der Waals surface area contributed by atoms with Gasteiger partial charge in [-0.3, -0.25) is 0 Å². The third-order valence-electron chi connectivity index (χ3n) is 2.29. The molecule has 0 aliphatic carbocycles. The van der Waals surface area contributed by atoms with Crippen LogP contribution >= 0.6 is 11.3 Å². The van der Waals surface area contributed by atoms with Crippen LogP contribution in [0.25, 0.3) is 10.4 Å². The van der Waals surface area contributed by atoms with Gasteiger partial charge in [-0.15, -0.1) is 11.3 Å². The van der Waals surface area contributed by atoms with Crippen molar-refractivity contribution in [2.45, 2.75) is 0 Å². The molecule has 2 rings (SSSR count). The summed E-state index contributed by atoms with van der Waals surface area (Å²) in [5.74, 6) is -0.765. The van der Waals surface area contributed by atoms with Crippen molar-refractivity contribution >= 4 is 22.3 Å². The molecule has 1 aromatic carbocycles. The maximum absolute atomic E-state index is 12.8. The minimum Gasteiger partial charge on any atom is -0.465 e. The van der Waals surface area contributed by atoms with Gasteiger partial charge in [0.25, 0.3) is 0 Å². The molecule has 1 heterocycles. The van der Waals surface area contributed by atoms with Crippen LogP contribution in [0.1, 0.15) is 10.4 Å². The SMILES string of the molecule is COC(=O)c1cc(-c2ccc(F)cc2)sc1N. The number of rotatable bonds is 2. The van der Waals surface area contributed by atoms with Crippen LogP contribution in [0.2, 0.25) is 0 Å². The average Bonchev–Trinajstić information content (AvgIpc) is 2.71. The normalized spacial score (nSPS) is 10.2. The van der Waals surface area contributed by atoms with Crippen LogP contribution in [0, 0.1) is 5.82 Å². The minimum atomic E-state index is -0.466. The minimum absolute atomic E-state index is 0.300. The lowest BCUT2D eigenvalue weighted by atomic mass is 10.1. The highest BCUT2D eigenvalue weighted by atomic mass is 32.1. The number of hydrogen-bond acceptors (Lipinski definition) is 4. The number of nitrogen functional groups attached to an aromatic ring is 1. The second kappa shape index (κ2) is 4.55. The number of carbonyl (C=O) groups excluding carboxylic acids is 1. The summed E-state index contributed by atoms with van der Waals surface area (Å²) in [6, 6.07) is 7.66. The number of ether oxygens (including phenoxy) is 1. The molecular weight excluding hydrogens is 241 g/mol. The van der Waals surface area contributed by atoms with E-state index < -0.39 is 5.97 Å². The second-order valence-electron chi connectivity index (χ2n) is 3.39. The number of benzene rings is 1. The Labute approximate surface area is 102 Å². The summed E-state index contributed by atoms with van der Waals surface area (Å²) in [6.07, 6.45) is 0. The number of nitrogens with two attached hydrogens (primary N) is 1. The molecule has 2 N–H and O–H groups in total. The predicted octanol–water partition coefficient (Wildman–Crippen LogP) is 2.92. The van der Waals surface area contributed by atoms with Gasteiger partial charge in [0.2, 0.25) is 0 Å². The Morgan fingerprint density at radius 2 is 2.00 bits per heavy atom. The van der Waals surface area contributed by atoms with E-state index in [2.05, 4.69) is 4.74 Å². The summed E-state index contributed by atoms with van der Waals surface area (Å²) in [6.45, 7) is 0. The van der Waals surface area contributed by atoms with E-state index in [1.54, 1.807) is 18.2 Å². The molecule has 0 bridgehead atoms. The van der Waals surface area contributed by atoms with E-state index in [1.165, 1.54) is 30.6 Å². The summed E-state index contributed by atoms with van der Waals surface area (Å²) in [4.78, 5) is 12.2. The van der Waals surface area contributed by atoms with Crippen molar-refractivity contribution in [2.75, 3.05) is 12.8 Å². The Morgan fingerprint density at radius 3 is 2.59 bits per heavy atom. The van der Waals surface area contributed by atoms with Gasteiger partial charge in [0, 0.05) is 4.88 Å². The van der Waals surface area contributed by atoms with E-state index in [1.807, 2.05) is 0 Å². The summed E-state index contributed by atoms with van der Waals surface area (Å²) in [5.41, 5.74) is 6.89. The number of methoxy groups -OCH3 is 1. The molecule has 2 aromatic rings. The molecule has 0 atom stereocenters. The van der Waals surface area contributed by atoms with E-state index in [0.29, 0.717) is 10.6 Å². The largest absolute Gasteiger partial charge is 0.465 e. The van der Waals surface area contributed by atoms with Crippen LogP contribution in [0.5, 0.6) is 0 Å². The second-order valence-corrected chi connectivity index (χ2v) is 4.47. The zero-order valence-electron chi connectivity index (χ0n) is 9.07. The Morgan fingerprint density at radius 1 is 1.35 bits per heavy atom. The van der Waals surface area contributed by atoms with Gasteiger partial charge in [0.15, 0.2) is 0 Å². The monoisotopic (exact) mass is 251 g/mol. The van der Waals surface area contributed by atoms with Gasteiger partial charge < -0.3 is 10.5 Å². The zero-order chi connectivity index (χ0) is 12.4. The lowest BCUT2D eigenvalue weighted by molar-refractivity contribution is 0.0602. The molecule has 0 saturated heterocycles. The smallest absolute Gasteiger partial charge is 0.340 e. The number of hydrogen-bond donors (Lipinski definition) is 1. The number of carbonyl (C=O) groups is 1. The van der Waals surface area contributed by atoms with Crippen LogP contribution in [0.4, 0.5) is 9.39 Å². The molecule has 0 fully saturated rings. The first-order chi connectivity index (χ1) is 8.11. The zero-order valence-corrected chi connectivity index (χ0v) is 9.88. The van der Waals surface area contributed by atoms with Gasteiger partial charge in [-0.2, -0.15) is 0 Å². The fourth-order valence-corrected chi connectivity index (χ4v) is 2.35. The Balaban J connectivity index is 2.41. The van der Waals surface area contributed by atoms with E-state index in [0.717, 1.165) is 10.4 Å². The maximum Gasteiger partial charge on any atom is 0.340 e. The third kappa shape index (κ3) is 2.29. The van der Waals surface area contributed by atoms with Gasteiger partial charge in [-0.1, -0.05) is 12.1 Å². The summed E-state index contributed by atoms with van der Waals surface area (Å²) in [7, 11) is 1.30. The van der Waals surface area contributed by atoms with Gasteiger partial charge >= 0.3 is 5.97 Å². The molecule has 3 nitrogen and oxygen atoms in total. The van der Waals surface area contributed by atoms with Crippen LogP contribution < -0.4 is 5.73 Å². The molecule has 0 amide bonds. The van der Waals surface area contributed by atoms with Crippen LogP contribution in [0.15, 0.2) is 30.3 Å². The first kappa shape index (κ1) is 11.6. The van der Waals surface area contributed by atoms with E-state index >= 15 is 0 Å². The third-order valence-corrected chi connectivity index (χ3v) is 3.31. The molecule has 1 aromatic heterocycles. The topological polar surface area (TPSA) is 52.3 Å². The number of anilines is 1. The van der Waals surface area contributed by atoms with Crippen molar-refractivity contribution < 1.29 is 13.9 Å². The van der Waals surface area contributed by atoms with Crippen molar-refractivity contribution in [1.29, 1.82) is 0 Å². The molecule has 0 spiro atoms. The molecular formula is C12H10FNO2S. The predicted molar refractivity (Wildman–Crippen MR) is 65.5 cm³/mol. The Hall–Kier alpha value is -1.88. The van der Waals surface area contributed by atoms with E-state index in [9.17, 15) is 9.18 Å². The van der Waals surface area contributed by atoms with Crippen molar-refractivity contribution in [1.82, 2.24) is 0 Å². The summed E-state index contributed by atoms with van der Waals surface area (Å²) < 4.78 is 17.4. The molecule has 0 radical (unpaired) electrons. The molecule has 17 heavy (non-hydrogen) atoms. The van der Waals surface area contributed by atoms with Crippen molar-refractivity contribution in [3.8, 4) is 10.4 Å². The highest BCUT2D eigenvalue weighted by molar-refractivity contribution is 7.19. The number of thiophene rings is 1. The summed E-state index contributed by atoms with van der Waals surface area (Å²) in [5, 5.41) is 0.399. The molecule has 0 aliphatic rings. The number of halogens is 1. The lowest BCUT2D eigenvalue weighted by Gasteiger charge is -1.96. The fraction of sp³-hybridized carbons (Fsp3) is 0.0833. The average molecular weight is 251 g/mol. The first-order valence-corrected chi connectivity index (χ1v) is 5.67. The van der Waals surface area contributed by atoms with E-state index in [-0.39, 0.29) is 5.82 Å². The van der Waals surface area contributed by atoms with Gasteiger partial charge in [-0.05, 0) is 23.8 Å². The Kier molecular flexibility index (Phi) is 3.10. The van der Waals surface area contributed by atoms with Crippen LogP contribution in [-0.4, -0.2) is 13.1 Å². The van der Waals surface area contributed by atoms with Crippen molar-refractivity contribution in [2.24, 2.45) is 0 Å². The molecule has 0 aliphatic heterocycles. The van der Waals surface area contributed by atoms with Crippen molar-refractivity contribution in [3.63, 3.8) is 0 Å². The summed E-state index contributed by atoms with van der Waals surface area (Å²) >= 11 is 1.27. The van der Waals surface area contributed by atoms with Crippen LogP contribution in [0.3, 0.4) is 0 Å². The quantitative estimate of drug-likeness (QED) is 0.835. The number of esters is 1. The van der Waals surface area contributed by atoms with Gasteiger partial charge in [0.1, 0.15) is 10.8 Å². The molecule has 88 valence electrons. The highest BCUT2D eigenvalue weighted by Crippen LogP contribution is 2.33. The van der Waals surface area contributed by atoms with Gasteiger partial charge in [0.05, 0.1) is 12.7 Å². The maximum atomic E-state index is 12.8. The van der Waals surface area contributed by atoms with Gasteiger partial charge in [-0.25, -0.2) is 9.18 Å². The van der Waals surface area contributed by atoms with Crippen molar-refractivity contribution in [3.05, 3.63) is 41.7 Å². The fourth-order valence-electron chi connectivity index (χ4n) is 1.43. The standard InChI is InChI=1S/C12H10FNO2S/c1-16-12(15)9-6-10(17-11(9)14)7-2-4-8(13)5-3-7/h2-6H,14H2,1H3. The molecule has 5 heteroatoms. The molecule has 0 unspecified atom stereocenters. The molecule has 0 saturated carbocycles. The Bertz CT molecular complexity index is 548.